The molecule has 7 heteroatoms. The number of methoxy groups -OCH3 is 1. The maximum Gasteiger partial charge on any atom is 0.411 e. The molecule has 0 unspecified atom stereocenters. The highest BCUT2D eigenvalue weighted by molar-refractivity contribution is 7.99. The summed E-state index contributed by atoms with van der Waals surface area (Å²) >= 11 is 1.33. The van der Waals surface area contributed by atoms with Gasteiger partial charge in [0.05, 0.1) is 13.7 Å². The first-order chi connectivity index (χ1) is 8.42. The number of benzene rings is 1. The van der Waals surface area contributed by atoms with Crippen molar-refractivity contribution in [1.29, 1.82) is 0 Å². The van der Waals surface area contributed by atoms with Crippen molar-refractivity contribution in [3.05, 3.63) is 18.2 Å². The number of nitrogen functional groups attached to an aromatic ring is 1. The van der Waals surface area contributed by atoms with Gasteiger partial charge in [0.2, 0.25) is 0 Å². The van der Waals surface area contributed by atoms with Gasteiger partial charge in [0, 0.05) is 16.3 Å². The number of hydrogen-bond acceptors (Lipinski definition) is 4. The molecule has 3 nitrogen and oxygen atoms in total. The van der Waals surface area contributed by atoms with Crippen LogP contribution < -0.4 is 10.5 Å². The molecule has 0 atom stereocenters. The Bertz CT molecular complexity index is 385. The Morgan fingerprint density at radius 1 is 1.33 bits per heavy atom. The molecular weight excluding hydrogens is 267 g/mol. The van der Waals surface area contributed by atoms with Gasteiger partial charge in [0.1, 0.15) is 12.4 Å². The first-order valence-electron chi connectivity index (χ1n) is 5.13. The van der Waals surface area contributed by atoms with Gasteiger partial charge >= 0.3 is 6.18 Å². The minimum atomic E-state index is -4.28. The molecule has 0 aliphatic heterocycles. The second-order valence-electron chi connectivity index (χ2n) is 3.42. The summed E-state index contributed by atoms with van der Waals surface area (Å²) in [5, 5.41) is 0. The van der Waals surface area contributed by atoms with Crippen molar-refractivity contribution < 1.29 is 22.6 Å². The van der Waals surface area contributed by atoms with E-state index in [1.165, 1.54) is 18.9 Å². The monoisotopic (exact) mass is 281 g/mol. The molecular formula is C11H14F3NO2S. The minimum Gasteiger partial charge on any atom is -0.497 e. The van der Waals surface area contributed by atoms with E-state index in [2.05, 4.69) is 4.74 Å². The highest BCUT2D eigenvalue weighted by Crippen LogP contribution is 2.29. The van der Waals surface area contributed by atoms with Crippen molar-refractivity contribution in [3.8, 4) is 5.75 Å². The largest absolute Gasteiger partial charge is 0.497 e. The average molecular weight is 281 g/mol. The predicted molar refractivity (Wildman–Crippen MR) is 65.0 cm³/mol. The normalized spacial score (nSPS) is 11.6. The van der Waals surface area contributed by atoms with Crippen LogP contribution in [0.3, 0.4) is 0 Å². The lowest BCUT2D eigenvalue weighted by molar-refractivity contribution is -0.172. The molecule has 0 aliphatic rings. The molecule has 102 valence electrons. The SMILES string of the molecule is COc1ccc(N)c(SCCOCC(F)(F)F)c1. The van der Waals surface area contributed by atoms with Crippen LogP contribution in [0, 0.1) is 0 Å². The maximum absolute atomic E-state index is 11.8. The Hall–Kier alpha value is -1.08. The number of rotatable bonds is 6. The van der Waals surface area contributed by atoms with Crippen LogP contribution in [0.15, 0.2) is 23.1 Å². The van der Waals surface area contributed by atoms with Crippen molar-refractivity contribution >= 4 is 17.4 Å². The van der Waals surface area contributed by atoms with E-state index < -0.39 is 12.8 Å². The van der Waals surface area contributed by atoms with E-state index in [-0.39, 0.29) is 6.61 Å². The third-order valence-corrected chi connectivity index (χ3v) is 3.01. The van der Waals surface area contributed by atoms with Crippen LogP contribution >= 0.6 is 11.8 Å². The van der Waals surface area contributed by atoms with Crippen LogP contribution in [-0.2, 0) is 4.74 Å². The van der Waals surface area contributed by atoms with Crippen LogP contribution in [0.2, 0.25) is 0 Å². The zero-order chi connectivity index (χ0) is 13.6. The molecule has 0 saturated heterocycles. The molecule has 0 saturated carbocycles. The van der Waals surface area contributed by atoms with Gasteiger partial charge in [-0.1, -0.05) is 0 Å². The van der Waals surface area contributed by atoms with E-state index in [1.54, 1.807) is 18.2 Å². The summed E-state index contributed by atoms with van der Waals surface area (Å²) < 4.78 is 44.9. The first-order valence-corrected chi connectivity index (χ1v) is 6.12. The van der Waals surface area contributed by atoms with Crippen LogP contribution in [0.4, 0.5) is 18.9 Å². The quantitative estimate of drug-likeness (QED) is 0.494. The zero-order valence-corrected chi connectivity index (χ0v) is 10.6. The number of anilines is 1. The fraction of sp³-hybridized carbons (Fsp3) is 0.455. The van der Waals surface area contributed by atoms with Gasteiger partial charge in [-0.25, -0.2) is 0 Å². The Morgan fingerprint density at radius 3 is 2.67 bits per heavy atom. The van der Waals surface area contributed by atoms with Crippen LogP contribution in [-0.4, -0.2) is 32.3 Å². The van der Waals surface area contributed by atoms with E-state index in [0.29, 0.717) is 17.2 Å². The van der Waals surface area contributed by atoms with E-state index in [0.717, 1.165) is 4.90 Å². The lowest BCUT2D eigenvalue weighted by Gasteiger charge is -2.09. The molecule has 0 heterocycles. The molecule has 2 N–H and O–H groups in total. The van der Waals surface area contributed by atoms with Gasteiger partial charge in [-0.2, -0.15) is 13.2 Å². The van der Waals surface area contributed by atoms with Gasteiger partial charge in [-0.05, 0) is 18.2 Å². The highest BCUT2D eigenvalue weighted by Gasteiger charge is 2.27. The van der Waals surface area contributed by atoms with Crippen LogP contribution in [0.5, 0.6) is 5.75 Å². The van der Waals surface area contributed by atoms with E-state index in [4.69, 9.17) is 10.5 Å². The van der Waals surface area contributed by atoms with Gasteiger partial charge < -0.3 is 15.2 Å². The second kappa shape index (κ2) is 6.75. The number of alkyl halides is 3. The minimum absolute atomic E-state index is 0.0147. The fourth-order valence-corrected chi connectivity index (χ4v) is 2.02. The van der Waals surface area contributed by atoms with Crippen molar-refractivity contribution in [3.63, 3.8) is 0 Å². The molecule has 0 aliphatic carbocycles. The molecule has 0 bridgehead atoms. The van der Waals surface area contributed by atoms with Gasteiger partial charge in [0.25, 0.3) is 0 Å². The summed E-state index contributed by atoms with van der Waals surface area (Å²) in [7, 11) is 1.53. The fourth-order valence-electron chi connectivity index (χ4n) is 1.17. The zero-order valence-electron chi connectivity index (χ0n) is 9.79. The van der Waals surface area contributed by atoms with Gasteiger partial charge in [-0.3, -0.25) is 0 Å². The van der Waals surface area contributed by atoms with Crippen LogP contribution in [0.1, 0.15) is 0 Å². The van der Waals surface area contributed by atoms with Crippen molar-refractivity contribution in [2.24, 2.45) is 0 Å². The van der Waals surface area contributed by atoms with Crippen molar-refractivity contribution in [2.45, 2.75) is 11.1 Å². The summed E-state index contributed by atoms with van der Waals surface area (Å²) in [4.78, 5) is 0.768. The number of hydrogen-bond donors (Lipinski definition) is 1. The van der Waals surface area contributed by atoms with E-state index in [1.807, 2.05) is 0 Å². The Kier molecular flexibility index (Phi) is 5.61. The Balaban J connectivity index is 2.35. The molecule has 1 aromatic carbocycles. The number of thioether (sulfide) groups is 1. The Morgan fingerprint density at radius 2 is 2.06 bits per heavy atom. The highest BCUT2D eigenvalue weighted by atomic mass is 32.2. The molecule has 1 rings (SSSR count). The standard InChI is InChI=1S/C11H14F3NO2S/c1-16-8-2-3-9(15)10(6-8)18-5-4-17-7-11(12,13)14/h2-3,6H,4-5,7,15H2,1H3. The second-order valence-corrected chi connectivity index (χ2v) is 4.56. The maximum atomic E-state index is 11.8. The van der Waals surface area contributed by atoms with Gasteiger partial charge in [0.15, 0.2) is 0 Å². The lowest BCUT2D eigenvalue weighted by Crippen LogP contribution is -2.17. The number of halogens is 3. The Labute approximate surface area is 107 Å². The smallest absolute Gasteiger partial charge is 0.411 e. The molecule has 0 amide bonds. The van der Waals surface area contributed by atoms with Crippen molar-refractivity contribution in [2.75, 3.05) is 31.8 Å². The summed E-state index contributed by atoms with van der Waals surface area (Å²) in [5.41, 5.74) is 6.30. The number of nitrogens with two attached hydrogens (primary N) is 1. The van der Waals surface area contributed by atoms with Crippen LogP contribution in [0.25, 0.3) is 0 Å². The third kappa shape index (κ3) is 5.50. The third-order valence-electron chi connectivity index (χ3n) is 1.97. The molecule has 0 spiro atoms. The molecule has 1 aromatic rings. The summed E-state index contributed by atoms with van der Waals surface area (Å²) in [6.45, 7) is -1.21. The van der Waals surface area contributed by atoms with E-state index >= 15 is 0 Å². The molecule has 0 radical (unpaired) electrons. The lowest BCUT2D eigenvalue weighted by atomic mass is 10.3. The summed E-state index contributed by atoms with van der Waals surface area (Å²) in [6.07, 6.45) is -4.28. The number of ether oxygens (including phenoxy) is 2. The summed E-state index contributed by atoms with van der Waals surface area (Å²) in [6, 6.07) is 5.15. The molecule has 18 heavy (non-hydrogen) atoms. The van der Waals surface area contributed by atoms with Crippen molar-refractivity contribution in [1.82, 2.24) is 0 Å². The van der Waals surface area contributed by atoms with Gasteiger partial charge in [-0.15, -0.1) is 11.8 Å². The average Bonchev–Trinajstić information content (AvgIpc) is 2.29. The topological polar surface area (TPSA) is 44.5 Å². The molecule has 0 fully saturated rings. The predicted octanol–water partition coefficient (Wildman–Crippen LogP) is 2.95. The first kappa shape index (κ1) is 15.0. The molecule has 0 aromatic heterocycles. The summed E-state index contributed by atoms with van der Waals surface area (Å²) in [5.74, 6) is 1.05. The van der Waals surface area contributed by atoms with E-state index in [9.17, 15) is 13.2 Å².